The first-order valence-corrected chi connectivity index (χ1v) is 8.48. The van der Waals surface area contributed by atoms with Gasteiger partial charge in [-0.15, -0.1) is 0 Å². The Balaban J connectivity index is 2.59. The number of hydrogen-bond donors (Lipinski definition) is 0. The van der Waals surface area contributed by atoms with Gasteiger partial charge in [-0.1, -0.05) is 11.6 Å². The molecule has 0 spiro atoms. The molecule has 0 amide bonds. The average molecular weight is 380 g/mol. The number of halogens is 1. The van der Waals surface area contributed by atoms with Gasteiger partial charge in [-0.25, -0.2) is 15.0 Å². The number of fused-ring (bicyclic) bond motifs is 1. The number of pyridine rings is 1. The fourth-order valence-electron chi connectivity index (χ4n) is 2.19. The summed E-state index contributed by atoms with van der Waals surface area (Å²) in [4.78, 5) is 37.9. The summed E-state index contributed by atoms with van der Waals surface area (Å²) in [6.07, 6.45) is 1.26. The lowest BCUT2D eigenvalue weighted by molar-refractivity contribution is -0.169. The Bertz CT molecular complexity index is 812. The number of aromatic nitrogens is 3. The van der Waals surface area contributed by atoms with E-state index in [4.69, 9.17) is 21.1 Å². The van der Waals surface area contributed by atoms with Crippen molar-refractivity contribution in [3.8, 4) is 0 Å². The van der Waals surface area contributed by atoms with Crippen molar-refractivity contribution in [1.29, 1.82) is 0 Å². The van der Waals surface area contributed by atoms with Crippen molar-refractivity contribution in [3.63, 3.8) is 0 Å². The first-order chi connectivity index (χ1) is 11.9. The third-order valence-corrected chi connectivity index (χ3v) is 3.25. The van der Waals surface area contributed by atoms with Gasteiger partial charge in [-0.05, 0) is 53.7 Å². The van der Waals surface area contributed by atoms with Crippen LogP contribution in [0.2, 0.25) is 5.15 Å². The van der Waals surface area contributed by atoms with E-state index in [1.54, 1.807) is 53.7 Å². The summed E-state index contributed by atoms with van der Waals surface area (Å²) in [6, 6.07) is 3.20. The minimum absolute atomic E-state index is 0.0981. The second kappa shape index (κ2) is 7.15. The first-order valence-electron chi connectivity index (χ1n) is 8.10. The third-order valence-electron chi connectivity index (χ3n) is 3.03. The van der Waals surface area contributed by atoms with Gasteiger partial charge in [0, 0.05) is 0 Å². The largest absolute Gasteiger partial charge is 0.459 e. The molecular weight excluding hydrogens is 358 g/mol. The number of rotatable bonds is 3. The van der Waals surface area contributed by atoms with E-state index in [1.807, 2.05) is 0 Å². The second-order valence-corrected chi connectivity index (χ2v) is 8.15. The van der Waals surface area contributed by atoms with Crippen molar-refractivity contribution in [1.82, 2.24) is 15.0 Å². The molecule has 0 saturated heterocycles. The molecule has 140 valence electrons. The fraction of sp³-hybridized carbons (Fsp3) is 0.500. The minimum Gasteiger partial charge on any atom is -0.459 e. The number of ether oxygens (including phenoxy) is 2. The van der Waals surface area contributed by atoms with Gasteiger partial charge in [-0.3, -0.25) is 9.59 Å². The van der Waals surface area contributed by atoms with Gasteiger partial charge in [0.2, 0.25) is 0 Å². The molecule has 26 heavy (non-hydrogen) atoms. The van der Waals surface area contributed by atoms with E-state index in [1.165, 1.54) is 6.33 Å². The number of hydrogen-bond acceptors (Lipinski definition) is 7. The Morgan fingerprint density at radius 3 is 2.00 bits per heavy atom. The summed E-state index contributed by atoms with van der Waals surface area (Å²) in [5.41, 5.74) is -0.768. The van der Waals surface area contributed by atoms with Gasteiger partial charge in [0.05, 0.1) is 11.2 Å². The lowest BCUT2D eigenvalue weighted by Crippen LogP contribution is -2.36. The van der Waals surface area contributed by atoms with Gasteiger partial charge >= 0.3 is 11.9 Å². The van der Waals surface area contributed by atoms with Gasteiger partial charge in [0.25, 0.3) is 0 Å². The maximum atomic E-state index is 12.8. The molecule has 2 aromatic heterocycles. The summed E-state index contributed by atoms with van der Waals surface area (Å²) >= 11 is 5.97. The first kappa shape index (κ1) is 20.0. The molecule has 0 aliphatic carbocycles. The summed E-state index contributed by atoms with van der Waals surface area (Å²) in [5, 5.41) is 0.195. The van der Waals surface area contributed by atoms with Gasteiger partial charge in [0.15, 0.2) is 5.92 Å². The quantitative estimate of drug-likeness (QED) is 0.458. The van der Waals surface area contributed by atoms with Crippen LogP contribution in [0.3, 0.4) is 0 Å². The summed E-state index contributed by atoms with van der Waals surface area (Å²) in [7, 11) is 0. The summed E-state index contributed by atoms with van der Waals surface area (Å²) in [6.45, 7) is 10.3. The lowest BCUT2D eigenvalue weighted by atomic mass is 10.0. The van der Waals surface area contributed by atoms with Crippen molar-refractivity contribution in [2.45, 2.75) is 58.7 Å². The van der Waals surface area contributed by atoms with E-state index >= 15 is 0 Å². The number of carbonyl (C=O) groups is 2. The zero-order valence-electron chi connectivity index (χ0n) is 15.7. The molecule has 0 bridgehead atoms. The molecule has 7 nitrogen and oxygen atoms in total. The highest BCUT2D eigenvalue weighted by molar-refractivity contribution is 6.29. The molecule has 2 rings (SSSR count). The predicted molar refractivity (Wildman–Crippen MR) is 96.8 cm³/mol. The predicted octanol–water partition coefficient (Wildman–Crippen LogP) is 3.45. The van der Waals surface area contributed by atoms with Crippen LogP contribution in [0, 0.1) is 0 Å². The lowest BCUT2D eigenvalue weighted by Gasteiger charge is -2.26. The van der Waals surface area contributed by atoms with Gasteiger partial charge < -0.3 is 9.47 Å². The van der Waals surface area contributed by atoms with E-state index < -0.39 is 29.1 Å². The SMILES string of the molecule is CC(C)(C)OC(=O)C(C(=O)OC(C)(C)C)c1ncnc2ccc(Cl)nc12. The molecule has 0 radical (unpaired) electrons. The molecule has 8 heteroatoms. The Hall–Kier alpha value is -2.28. The third kappa shape index (κ3) is 5.11. The molecular formula is C18H22ClN3O4. The molecule has 0 aromatic carbocycles. The van der Waals surface area contributed by atoms with Gasteiger partial charge in [-0.2, -0.15) is 0 Å². The highest BCUT2D eigenvalue weighted by atomic mass is 35.5. The zero-order chi connectivity index (χ0) is 19.7. The number of nitrogens with zero attached hydrogens (tertiary/aromatic N) is 3. The molecule has 0 aliphatic rings. The van der Waals surface area contributed by atoms with E-state index in [-0.39, 0.29) is 16.4 Å². The van der Waals surface area contributed by atoms with Crippen LogP contribution in [-0.4, -0.2) is 38.1 Å². The molecule has 0 atom stereocenters. The smallest absolute Gasteiger partial charge is 0.327 e. The van der Waals surface area contributed by atoms with E-state index in [2.05, 4.69) is 15.0 Å². The highest BCUT2D eigenvalue weighted by Crippen LogP contribution is 2.28. The Kier molecular flexibility index (Phi) is 5.51. The Morgan fingerprint density at radius 2 is 1.50 bits per heavy atom. The van der Waals surface area contributed by atoms with Crippen molar-refractivity contribution >= 4 is 34.6 Å². The maximum absolute atomic E-state index is 12.8. The standard InChI is InChI=1S/C18H22ClN3O4/c1-17(2,3)25-15(23)12(16(24)26-18(4,5)6)14-13-10(20-9-21-14)7-8-11(19)22-13/h7-9,12H,1-6H3. The van der Waals surface area contributed by atoms with Crippen LogP contribution in [-0.2, 0) is 19.1 Å². The molecule has 2 aromatic rings. The maximum Gasteiger partial charge on any atom is 0.327 e. The Labute approximate surface area is 157 Å². The molecule has 0 saturated carbocycles. The van der Waals surface area contributed by atoms with E-state index in [0.717, 1.165) is 0 Å². The van der Waals surface area contributed by atoms with Crippen LogP contribution >= 0.6 is 11.6 Å². The van der Waals surface area contributed by atoms with E-state index in [9.17, 15) is 9.59 Å². The molecule has 0 N–H and O–H groups in total. The molecule has 2 heterocycles. The van der Waals surface area contributed by atoms with Gasteiger partial charge in [0.1, 0.15) is 28.2 Å². The Morgan fingerprint density at radius 1 is 0.962 bits per heavy atom. The molecule has 0 unspecified atom stereocenters. The second-order valence-electron chi connectivity index (χ2n) is 7.76. The normalized spacial score (nSPS) is 12.3. The monoisotopic (exact) mass is 379 g/mol. The highest BCUT2D eigenvalue weighted by Gasteiger charge is 2.39. The molecule has 0 fully saturated rings. The van der Waals surface area contributed by atoms with Crippen LogP contribution in [0.15, 0.2) is 18.5 Å². The van der Waals surface area contributed by atoms with Crippen molar-refractivity contribution in [2.24, 2.45) is 0 Å². The number of carbonyl (C=O) groups excluding carboxylic acids is 2. The van der Waals surface area contributed by atoms with Crippen LogP contribution in [0.4, 0.5) is 0 Å². The number of esters is 2. The van der Waals surface area contributed by atoms with Crippen molar-refractivity contribution < 1.29 is 19.1 Å². The zero-order valence-corrected chi connectivity index (χ0v) is 16.4. The topological polar surface area (TPSA) is 91.3 Å². The summed E-state index contributed by atoms with van der Waals surface area (Å²) in [5.74, 6) is -2.94. The van der Waals surface area contributed by atoms with Crippen molar-refractivity contribution in [3.05, 3.63) is 29.3 Å². The minimum atomic E-state index is -1.40. The van der Waals surface area contributed by atoms with E-state index in [0.29, 0.717) is 5.52 Å². The van der Waals surface area contributed by atoms with Crippen LogP contribution in [0.25, 0.3) is 11.0 Å². The summed E-state index contributed by atoms with van der Waals surface area (Å²) < 4.78 is 10.8. The average Bonchev–Trinajstić information content (AvgIpc) is 2.44. The van der Waals surface area contributed by atoms with Crippen LogP contribution in [0.1, 0.15) is 53.2 Å². The van der Waals surface area contributed by atoms with Crippen LogP contribution in [0.5, 0.6) is 0 Å². The van der Waals surface area contributed by atoms with Crippen LogP contribution < -0.4 is 0 Å². The van der Waals surface area contributed by atoms with Crippen molar-refractivity contribution in [2.75, 3.05) is 0 Å². The fourth-order valence-corrected chi connectivity index (χ4v) is 2.33. The molecule has 0 aliphatic heterocycles.